The van der Waals surface area contributed by atoms with E-state index in [0.29, 0.717) is 40.4 Å². The molecule has 0 fully saturated rings. The number of hydrogen-bond acceptors (Lipinski definition) is 5. The highest BCUT2D eigenvalue weighted by molar-refractivity contribution is 5.79. The van der Waals surface area contributed by atoms with Crippen LogP contribution in [0.3, 0.4) is 0 Å². The molecule has 0 aliphatic carbocycles. The van der Waals surface area contributed by atoms with Crippen LogP contribution in [0.1, 0.15) is 13.8 Å². The van der Waals surface area contributed by atoms with E-state index < -0.39 is 12.1 Å². The monoisotopic (exact) mass is 354 g/mol. The van der Waals surface area contributed by atoms with E-state index in [0.717, 1.165) is 0 Å². The fraction of sp³-hybridized carbons (Fsp3) is 0.211. The van der Waals surface area contributed by atoms with E-state index in [4.69, 9.17) is 14.6 Å². The molecule has 0 amide bonds. The number of aliphatic carboxylic acids is 1. The molecule has 1 aromatic heterocycles. The van der Waals surface area contributed by atoms with Crippen LogP contribution in [-0.4, -0.2) is 33.8 Å². The first-order valence-corrected chi connectivity index (χ1v) is 8.15. The van der Waals surface area contributed by atoms with E-state index in [2.05, 4.69) is 9.97 Å². The van der Waals surface area contributed by atoms with Gasteiger partial charge in [-0.2, -0.15) is 0 Å². The number of aromatic amines is 1. The Bertz CT molecular complexity index is 1010. The molecule has 0 bridgehead atoms. The van der Waals surface area contributed by atoms with Crippen LogP contribution in [-0.2, 0) is 4.79 Å². The molecular formula is C19H18N2O5. The number of fused-ring (bicyclic) bond motifs is 1. The number of aromatic nitrogens is 2. The van der Waals surface area contributed by atoms with Crippen LogP contribution in [0.15, 0.2) is 47.3 Å². The summed E-state index contributed by atoms with van der Waals surface area (Å²) in [6.07, 6.45) is -1.02. The highest BCUT2D eigenvalue weighted by atomic mass is 16.5. The summed E-state index contributed by atoms with van der Waals surface area (Å²) in [5, 5.41) is 9.52. The fourth-order valence-corrected chi connectivity index (χ4v) is 2.49. The Balaban J connectivity index is 2.04. The minimum atomic E-state index is -1.07. The van der Waals surface area contributed by atoms with Crippen LogP contribution < -0.4 is 15.0 Å². The summed E-state index contributed by atoms with van der Waals surface area (Å²) in [5.41, 5.74) is 0.985. The lowest BCUT2D eigenvalue weighted by atomic mass is 10.1. The van der Waals surface area contributed by atoms with Gasteiger partial charge in [-0.05, 0) is 44.2 Å². The first kappa shape index (κ1) is 17.5. The summed E-state index contributed by atoms with van der Waals surface area (Å²) in [5.74, 6) is 0.0204. The molecule has 26 heavy (non-hydrogen) atoms. The zero-order chi connectivity index (χ0) is 18.7. The second kappa shape index (κ2) is 7.26. The fourth-order valence-electron chi connectivity index (χ4n) is 2.49. The number of hydrogen-bond donors (Lipinski definition) is 2. The summed E-state index contributed by atoms with van der Waals surface area (Å²) in [6, 6.07) is 12.0. The topological polar surface area (TPSA) is 102 Å². The lowest BCUT2D eigenvalue weighted by Crippen LogP contribution is -2.23. The first-order chi connectivity index (χ1) is 12.5. The zero-order valence-corrected chi connectivity index (χ0v) is 14.4. The third-order valence-electron chi connectivity index (χ3n) is 3.78. The summed E-state index contributed by atoms with van der Waals surface area (Å²) in [6.45, 7) is 3.63. The third kappa shape index (κ3) is 3.51. The molecule has 0 saturated carbocycles. The predicted octanol–water partition coefficient (Wildman–Crippen LogP) is 2.84. The van der Waals surface area contributed by atoms with Gasteiger partial charge in [-0.15, -0.1) is 0 Å². The summed E-state index contributed by atoms with van der Waals surface area (Å²) >= 11 is 0. The molecule has 3 aromatic rings. The standard InChI is InChI=1S/C19H18N2O5/c1-3-25-16-10-12(8-9-15(16)26-11(2)19(23)24)17-20-14-7-5-4-6-13(14)18(22)21-17/h4-11H,3H2,1-2H3,(H,23,24)(H,20,21,22). The third-order valence-corrected chi connectivity index (χ3v) is 3.78. The average Bonchev–Trinajstić information content (AvgIpc) is 2.63. The van der Waals surface area contributed by atoms with Gasteiger partial charge in [0.15, 0.2) is 17.6 Å². The molecule has 0 spiro atoms. The lowest BCUT2D eigenvalue weighted by molar-refractivity contribution is -0.144. The van der Waals surface area contributed by atoms with E-state index in [9.17, 15) is 9.59 Å². The molecule has 2 aromatic carbocycles. The second-order valence-electron chi connectivity index (χ2n) is 5.62. The molecule has 0 aliphatic heterocycles. The van der Waals surface area contributed by atoms with E-state index in [1.165, 1.54) is 6.92 Å². The zero-order valence-electron chi connectivity index (χ0n) is 14.4. The molecule has 3 rings (SSSR count). The van der Waals surface area contributed by atoms with Crippen molar-refractivity contribution in [2.75, 3.05) is 6.61 Å². The number of carboxylic acids is 1. The van der Waals surface area contributed by atoms with Gasteiger partial charge in [-0.3, -0.25) is 4.79 Å². The van der Waals surface area contributed by atoms with Crippen molar-refractivity contribution in [2.45, 2.75) is 20.0 Å². The molecule has 0 aliphatic rings. The summed E-state index contributed by atoms with van der Waals surface area (Å²) in [7, 11) is 0. The molecule has 1 atom stereocenters. The van der Waals surface area contributed by atoms with Crippen molar-refractivity contribution in [3.8, 4) is 22.9 Å². The van der Waals surface area contributed by atoms with Crippen LogP contribution in [0, 0.1) is 0 Å². The maximum atomic E-state index is 12.3. The van der Waals surface area contributed by atoms with Crippen LogP contribution in [0.5, 0.6) is 11.5 Å². The smallest absolute Gasteiger partial charge is 0.344 e. The maximum Gasteiger partial charge on any atom is 0.344 e. The molecule has 1 unspecified atom stereocenters. The van der Waals surface area contributed by atoms with Gasteiger partial charge < -0.3 is 19.6 Å². The second-order valence-corrected chi connectivity index (χ2v) is 5.62. The SMILES string of the molecule is CCOc1cc(-c2nc3ccccc3c(=O)[nH]2)ccc1OC(C)C(=O)O. The van der Waals surface area contributed by atoms with E-state index in [1.807, 2.05) is 13.0 Å². The molecule has 7 nitrogen and oxygen atoms in total. The van der Waals surface area contributed by atoms with Crippen molar-refractivity contribution >= 4 is 16.9 Å². The molecular weight excluding hydrogens is 336 g/mol. The average molecular weight is 354 g/mol. The molecule has 134 valence electrons. The van der Waals surface area contributed by atoms with Gasteiger partial charge in [-0.25, -0.2) is 9.78 Å². The van der Waals surface area contributed by atoms with Gasteiger partial charge in [-0.1, -0.05) is 12.1 Å². The van der Waals surface area contributed by atoms with Crippen molar-refractivity contribution in [3.05, 3.63) is 52.8 Å². The van der Waals surface area contributed by atoms with Crippen molar-refractivity contribution in [3.63, 3.8) is 0 Å². The van der Waals surface area contributed by atoms with Crippen LogP contribution in [0.4, 0.5) is 0 Å². The number of ether oxygens (including phenoxy) is 2. The van der Waals surface area contributed by atoms with Crippen molar-refractivity contribution in [2.24, 2.45) is 0 Å². The Hall–Kier alpha value is -3.35. The molecule has 0 saturated heterocycles. The number of nitrogens with zero attached hydrogens (tertiary/aromatic N) is 1. The van der Waals surface area contributed by atoms with Crippen LogP contribution in [0.25, 0.3) is 22.3 Å². The number of nitrogens with one attached hydrogen (secondary N) is 1. The van der Waals surface area contributed by atoms with Gasteiger partial charge in [0.2, 0.25) is 0 Å². The Morgan fingerprint density at radius 1 is 1.23 bits per heavy atom. The van der Waals surface area contributed by atoms with Crippen molar-refractivity contribution < 1.29 is 19.4 Å². The van der Waals surface area contributed by atoms with E-state index >= 15 is 0 Å². The summed E-state index contributed by atoms with van der Waals surface area (Å²) in [4.78, 5) is 30.5. The Labute approximate surface area is 149 Å². The van der Waals surface area contributed by atoms with Gasteiger partial charge >= 0.3 is 5.97 Å². The largest absolute Gasteiger partial charge is 0.490 e. The summed E-state index contributed by atoms with van der Waals surface area (Å²) < 4.78 is 11.0. The first-order valence-electron chi connectivity index (χ1n) is 8.15. The Kier molecular flexibility index (Phi) is 4.88. The Morgan fingerprint density at radius 3 is 2.73 bits per heavy atom. The van der Waals surface area contributed by atoms with Gasteiger partial charge in [0.1, 0.15) is 5.82 Å². The number of rotatable bonds is 6. The normalized spacial score (nSPS) is 11.9. The highest BCUT2D eigenvalue weighted by Crippen LogP contribution is 2.32. The molecule has 1 heterocycles. The molecule has 0 radical (unpaired) electrons. The highest BCUT2D eigenvalue weighted by Gasteiger charge is 2.17. The minimum absolute atomic E-state index is 0.233. The number of H-pyrrole nitrogens is 1. The van der Waals surface area contributed by atoms with Crippen LogP contribution >= 0.6 is 0 Å². The molecule has 2 N–H and O–H groups in total. The van der Waals surface area contributed by atoms with Gasteiger partial charge in [0, 0.05) is 5.56 Å². The minimum Gasteiger partial charge on any atom is -0.490 e. The molecule has 7 heteroatoms. The predicted molar refractivity (Wildman–Crippen MR) is 96.7 cm³/mol. The van der Waals surface area contributed by atoms with Gasteiger partial charge in [0.25, 0.3) is 5.56 Å². The Morgan fingerprint density at radius 2 is 2.00 bits per heavy atom. The number of benzene rings is 2. The number of carboxylic acid groups (broad SMARTS) is 1. The van der Waals surface area contributed by atoms with Crippen LogP contribution in [0.2, 0.25) is 0 Å². The quantitative estimate of drug-likeness (QED) is 0.706. The van der Waals surface area contributed by atoms with E-state index in [1.54, 1.807) is 36.4 Å². The van der Waals surface area contributed by atoms with Crippen molar-refractivity contribution in [1.29, 1.82) is 0 Å². The van der Waals surface area contributed by atoms with E-state index in [-0.39, 0.29) is 5.56 Å². The maximum absolute atomic E-state index is 12.3. The number of carbonyl (C=O) groups is 1. The van der Waals surface area contributed by atoms with Gasteiger partial charge in [0.05, 0.1) is 17.5 Å². The lowest BCUT2D eigenvalue weighted by Gasteiger charge is -2.15. The van der Waals surface area contributed by atoms with Crippen molar-refractivity contribution in [1.82, 2.24) is 9.97 Å². The number of para-hydroxylation sites is 1.